The maximum absolute atomic E-state index is 13.6. The van der Waals surface area contributed by atoms with Gasteiger partial charge in [-0.3, -0.25) is 13.9 Å². The number of aryl methyl sites for hydroxylation is 1. The number of anilines is 1. The van der Waals surface area contributed by atoms with Crippen molar-refractivity contribution in [1.82, 2.24) is 10.2 Å². The minimum Gasteiger partial charge on any atom is -0.486 e. The van der Waals surface area contributed by atoms with Crippen molar-refractivity contribution in [2.24, 2.45) is 0 Å². The SMILES string of the molecule is Cc1ccccc1CN(C(=O)CN(c1ccc2c(c1)OCCO2)S(C)(=O)=O)[C@H](C)C(=O)NC(C)C. The number of hydrogen-bond donors (Lipinski definition) is 1. The second kappa shape index (κ2) is 11.0. The molecule has 3 rings (SSSR count). The zero-order valence-electron chi connectivity index (χ0n) is 20.8. The smallest absolute Gasteiger partial charge is 0.244 e. The Kier molecular flexibility index (Phi) is 8.26. The van der Waals surface area contributed by atoms with E-state index < -0.39 is 28.5 Å². The Bertz CT molecular complexity index is 1180. The van der Waals surface area contributed by atoms with E-state index in [2.05, 4.69) is 5.32 Å². The molecule has 1 atom stereocenters. The molecule has 9 nitrogen and oxygen atoms in total. The van der Waals surface area contributed by atoms with Crippen LogP contribution in [0.4, 0.5) is 5.69 Å². The number of amides is 2. The van der Waals surface area contributed by atoms with Gasteiger partial charge in [-0.05, 0) is 51.0 Å². The van der Waals surface area contributed by atoms with Gasteiger partial charge in [0.1, 0.15) is 25.8 Å². The third-order valence-corrected chi connectivity index (χ3v) is 6.83. The van der Waals surface area contributed by atoms with Gasteiger partial charge in [-0.1, -0.05) is 24.3 Å². The van der Waals surface area contributed by atoms with Gasteiger partial charge >= 0.3 is 0 Å². The minimum absolute atomic E-state index is 0.106. The summed E-state index contributed by atoms with van der Waals surface area (Å²) >= 11 is 0. The number of fused-ring (bicyclic) bond motifs is 1. The average molecular weight is 504 g/mol. The molecule has 1 aliphatic rings. The summed E-state index contributed by atoms with van der Waals surface area (Å²) < 4.78 is 37.6. The van der Waals surface area contributed by atoms with Gasteiger partial charge in [-0.2, -0.15) is 0 Å². The number of hydrogen-bond acceptors (Lipinski definition) is 6. The molecule has 0 unspecified atom stereocenters. The van der Waals surface area contributed by atoms with Crippen LogP contribution in [0.25, 0.3) is 0 Å². The second-order valence-electron chi connectivity index (χ2n) is 8.88. The van der Waals surface area contributed by atoms with Gasteiger partial charge in [-0.25, -0.2) is 8.42 Å². The normalized spacial score (nSPS) is 13.8. The molecule has 0 bridgehead atoms. The summed E-state index contributed by atoms with van der Waals surface area (Å²) in [4.78, 5) is 27.8. The predicted molar refractivity (Wildman–Crippen MR) is 134 cm³/mol. The summed E-state index contributed by atoms with van der Waals surface area (Å²) in [6.45, 7) is 7.70. The van der Waals surface area contributed by atoms with Crippen molar-refractivity contribution in [2.45, 2.75) is 46.3 Å². The number of nitrogens with one attached hydrogen (secondary N) is 1. The second-order valence-corrected chi connectivity index (χ2v) is 10.8. The first kappa shape index (κ1) is 26.3. The van der Waals surface area contributed by atoms with E-state index in [4.69, 9.17) is 9.47 Å². The van der Waals surface area contributed by atoms with Gasteiger partial charge in [0, 0.05) is 18.7 Å². The molecule has 1 aliphatic heterocycles. The lowest BCUT2D eigenvalue weighted by molar-refractivity contribution is -0.139. The highest BCUT2D eigenvalue weighted by atomic mass is 32.2. The van der Waals surface area contributed by atoms with Crippen molar-refractivity contribution < 1.29 is 27.5 Å². The summed E-state index contributed by atoms with van der Waals surface area (Å²) in [7, 11) is -3.83. The van der Waals surface area contributed by atoms with Crippen LogP contribution >= 0.6 is 0 Å². The number of rotatable bonds is 9. The molecule has 2 aromatic rings. The molecule has 0 spiro atoms. The van der Waals surface area contributed by atoms with Gasteiger partial charge in [0.2, 0.25) is 21.8 Å². The Labute approximate surface area is 207 Å². The molecule has 0 fully saturated rings. The first-order valence-electron chi connectivity index (χ1n) is 11.5. The lowest BCUT2D eigenvalue weighted by Crippen LogP contribution is -2.52. The Morgan fingerprint density at radius 2 is 1.69 bits per heavy atom. The molecular weight excluding hydrogens is 470 g/mol. The van der Waals surface area contributed by atoms with Gasteiger partial charge < -0.3 is 19.7 Å². The van der Waals surface area contributed by atoms with Crippen LogP contribution in [0.3, 0.4) is 0 Å². The topological polar surface area (TPSA) is 105 Å². The number of benzene rings is 2. The average Bonchev–Trinajstić information content (AvgIpc) is 2.80. The summed E-state index contributed by atoms with van der Waals surface area (Å²) in [6.07, 6.45) is 1.04. The molecule has 190 valence electrons. The molecule has 0 aliphatic carbocycles. The van der Waals surface area contributed by atoms with Crippen molar-refractivity contribution in [3.05, 3.63) is 53.6 Å². The number of carbonyl (C=O) groups excluding carboxylic acids is 2. The van der Waals surface area contributed by atoms with Crippen LogP contribution in [0.15, 0.2) is 42.5 Å². The number of carbonyl (C=O) groups is 2. The van der Waals surface area contributed by atoms with Crippen LogP contribution in [-0.2, 0) is 26.2 Å². The van der Waals surface area contributed by atoms with Crippen LogP contribution in [-0.4, -0.2) is 63.2 Å². The fourth-order valence-corrected chi connectivity index (χ4v) is 4.60. The first-order chi connectivity index (χ1) is 16.5. The Hall–Kier alpha value is -3.27. The molecule has 0 saturated carbocycles. The van der Waals surface area contributed by atoms with E-state index in [9.17, 15) is 18.0 Å². The summed E-state index contributed by atoms with van der Waals surface area (Å²) in [5.74, 6) is 0.114. The van der Waals surface area contributed by atoms with Crippen LogP contribution < -0.4 is 19.1 Å². The van der Waals surface area contributed by atoms with Crippen molar-refractivity contribution in [1.29, 1.82) is 0 Å². The maximum Gasteiger partial charge on any atom is 0.244 e. The Balaban J connectivity index is 1.93. The third kappa shape index (κ3) is 6.66. The summed E-state index contributed by atoms with van der Waals surface area (Å²) in [5.41, 5.74) is 2.11. The molecule has 2 amide bonds. The molecule has 0 radical (unpaired) electrons. The molecule has 2 aromatic carbocycles. The highest BCUT2D eigenvalue weighted by molar-refractivity contribution is 7.92. The van der Waals surface area contributed by atoms with E-state index >= 15 is 0 Å². The van der Waals surface area contributed by atoms with Gasteiger partial charge in [0.15, 0.2) is 11.5 Å². The van der Waals surface area contributed by atoms with Gasteiger partial charge in [0.25, 0.3) is 0 Å². The van der Waals surface area contributed by atoms with E-state index in [0.717, 1.165) is 21.7 Å². The predicted octanol–water partition coefficient (Wildman–Crippen LogP) is 2.47. The van der Waals surface area contributed by atoms with E-state index in [1.54, 1.807) is 25.1 Å². The van der Waals surface area contributed by atoms with Gasteiger partial charge in [0.05, 0.1) is 11.9 Å². The molecule has 1 N–H and O–H groups in total. The Morgan fingerprint density at radius 3 is 2.31 bits per heavy atom. The van der Waals surface area contributed by atoms with E-state index in [0.29, 0.717) is 24.7 Å². The van der Waals surface area contributed by atoms with Crippen molar-refractivity contribution in [3.8, 4) is 11.5 Å². The van der Waals surface area contributed by atoms with Crippen molar-refractivity contribution >= 4 is 27.5 Å². The standard InChI is InChI=1S/C25H33N3O6S/c1-17(2)26-25(30)19(4)27(15-20-9-7-6-8-18(20)3)24(29)16-28(35(5,31)32)21-10-11-22-23(14-21)34-13-12-33-22/h6-11,14,17,19H,12-13,15-16H2,1-5H3,(H,26,30)/t19-/m1/s1. The van der Waals surface area contributed by atoms with Crippen molar-refractivity contribution in [3.63, 3.8) is 0 Å². The molecular formula is C25H33N3O6S. The fourth-order valence-electron chi connectivity index (χ4n) is 3.76. The van der Waals surface area contributed by atoms with E-state index in [1.165, 1.54) is 4.90 Å². The largest absolute Gasteiger partial charge is 0.486 e. The van der Waals surface area contributed by atoms with Crippen LogP contribution in [0.2, 0.25) is 0 Å². The lowest BCUT2D eigenvalue weighted by atomic mass is 10.1. The zero-order chi connectivity index (χ0) is 25.8. The monoisotopic (exact) mass is 503 g/mol. The minimum atomic E-state index is -3.83. The number of ether oxygens (including phenoxy) is 2. The molecule has 1 heterocycles. The fraction of sp³-hybridized carbons (Fsp3) is 0.440. The summed E-state index contributed by atoms with van der Waals surface area (Å²) in [6, 6.07) is 11.4. The molecule has 0 aromatic heterocycles. The first-order valence-corrected chi connectivity index (χ1v) is 13.3. The van der Waals surface area contributed by atoms with Crippen molar-refractivity contribution in [2.75, 3.05) is 30.3 Å². The molecule has 35 heavy (non-hydrogen) atoms. The number of sulfonamides is 1. The summed E-state index contributed by atoms with van der Waals surface area (Å²) in [5, 5.41) is 2.83. The maximum atomic E-state index is 13.6. The van der Waals surface area contributed by atoms with Gasteiger partial charge in [-0.15, -0.1) is 0 Å². The van der Waals surface area contributed by atoms with Crippen LogP contribution in [0.1, 0.15) is 31.9 Å². The molecule has 10 heteroatoms. The third-order valence-electron chi connectivity index (χ3n) is 5.69. The Morgan fingerprint density at radius 1 is 1.03 bits per heavy atom. The highest BCUT2D eigenvalue weighted by Crippen LogP contribution is 2.34. The lowest BCUT2D eigenvalue weighted by Gasteiger charge is -2.32. The van der Waals surface area contributed by atoms with Crippen LogP contribution in [0, 0.1) is 6.92 Å². The van der Waals surface area contributed by atoms with Crippen LogP contribution in [0.5, 0.6) is 11.5 Å². The molecule has 0 saturated heterocycles. The number of nitrogens with zero attached hydrogens (tertiary/aromatic N) is 2. The van der Waals surface area contributed by atoms with E-state index in [1.807, 2.05) is 45.0 Å². The quantitative estimate of drug-likeness (QED) is 0.564. The van der Waals surface area contributed by atoms with E-state index in [-0.39, 0.29) is 24.2 Å². The highest BCUT2D eigenvalue weighted by Gasteiger charge is 2.31. The zero-order valence-corrected chi connectivity index (χ0v) is 21.6.